The van der Waals surface area contributed by atoms with Gasteiger partial charge in [-0.05, 0) is 6.07 Å². The maximum absolute atomic E-state index is 10.8. The number of nitrogens with zero attached hydrogens (tertiary/aromatic N) is 3. The summed E-state index contributed by atoms with van der Waals surface area (Å²) in [6, 6.07) is 13.7. The summed E-state index contributed by atoms with van der Waals surface area (Å²) in [6.07, 6.45) is 0. The Morgan fingerprint density at radius 3 is 2.50 bits per heavy atom. The molecule has 1 heterocycles. The van der Waals surface area contributed by atoms with Crippen molar-refractivity contribution in [1.82, 2.24) is 9.97 Å². The van der Waals surface area contributed by atoms with Crippen molar-refractivity contribution in [1.29, 1.82) is 0 Å². The lowest BCUT2D eigenvalue weighted by Gasteiger charge is -2.05. The molecule has 1 aromatic heterocycles. The molecule has 3 aromatic rings. The molecular weight excluding hydrogens is 256 g/mol. The molecule has 0 amide bonds. The molecular formula is C14H10N4O2. The summed E-state index contributed by atoms with van der Waals surface area (Å²) in [5.74, 6) is 0.764. The molecule has 0 bridgehead atoms. The molecule has 0 aliphatic rings. The molecule has 0 aliphatic carbocycles. The Bertz CT molecular complexity index is 803. The van der Waals surface area contributed by atoms with Gasteiger partial charge in [0.05, 0.1) is 10.4 Å². The molecule has 0 aliphatic heterocycles. The third-order valence-electron chi connectivity index (χ3n) is 2.95. The lowest BCUT2D eigenvalue weighted by molar-refractivity contribution is -0.384. The third-order valence-corrected chi connectivity index (χ3v) is 2.95. The van der Waals surface area contributed by atoms with Gasteiger partial charge >= 0.3 is 0 Å². The number of aromatic nitrogens is 2. The number of fused-ring (bicyclic) bond motifs is 1. The van der Waals surface area contributed by atoms with Crippen molar-refractivity contribution in [2.45, 2.75) is 0 Å². The Morgan fingerprint density at radius 2 is 1.80 bits per heavy atom. The SMILES string of the molecule is Nc1nc(-c2ccccc2)nc2cc([N+](=O)[O-])ccc12. The van der Waals surface area contributed by atoms with Crippen molar-refractivity contribution in [3.63, 3.8) is 0 Å². The van der Waals surface area contributed by atoms with Crippen molar-refractivity contribution < 1.29 is 4.92 Å². The highest BCUT2D eigenvalue weighted by Gasteiger charge is 2.11. The van der Waals surface area contributed by atoms with E-state index in [4.69, 9.17) is 5.73 Å². The first-order chi connectivity index (χ1) is 9.65. The molecule has 0 atom stereocenters. The molecule has 3 rings (SSSR count). The zero-order chi connectivity index (χ0) is 14.1. The second-order valence-corrected chi connectivity index (χ2v) is 4.26. The van der Waals surface area contributed by atoms with E-state index >= 15 is 0 Å². The van der Waals surface area contributed by atoms with Gasteiger partial charge in [0.1, 0.15) is 5.82 Å². The Labute approximate surface area is 114 Å². The first-order valence-electron chi connectivity index (χ1n) is 5.92. The van der Waals surface area contributed by atoms with Gasteiger partial charge in [-0.25, -0.2) is 9.97 Å². The normalized spacial score (nSPS) is 10.6. The average molecular weight is 266 g/mol. The zero-order valence-corrected chi connectivity index (χ0v) is 10.4. The number of nitro benzene ring substituents is 1. The fourth-order valence-electron chi connectivity index (χ4n) is 1.97. The van der Waals surface area contributed by atoms with Crippen LogP contribution in [0.25, 0.3) is 22.3 Å². The summed E-state index contributed by atoms with van der Waals surface area (Å²) in [6.45, 7) is 0. The van der Waals surface area contributed by atoms with E-state index in [0.717, 1.165) is 5.56 Å². The number of anilines is 1. The number of nitrogen functional groups attached to an aromatic ring is 1. The molecule has 0 fully saturated rings. The van der Waals surface area contributed by atoms with Crippen LogP contribution in [-0.2, 0) is 0 Å². The molecule has 0 saturated heterocycles. The van der Waals surface area contributed by atoms with Crippen LogP contribution in [-0.4, -0.2) is 14.9 Å². The van der Waals surface area contributed by atoms with Gasteiger partial charge in [-0.3, -0.25) is 10.1 Å². The fraction of sp³-hybridized carbons (Fsp3) is 0. The number of benzene rings is 2. The second kappa shape index (κ2) is 4.58. The highest BCUT2D eigenvalue weighted by atomic mass is 16.6. The maximum Gasteiger partial charge on any atom is 0.271 e. The lowest BCUT2D eigenvalue weighted by Crippen LogP contribution is -1.98. The highest BCUT2D eigenvalue weighted by Crippen LogP contribution is 2.25. The Balaban J connectivity index is 2.24. The number of nitro groups is 1. The maximum atomic E-state index is 10.8. The van der Waals surface area contributed by atoms with Gasteiger partial charge in [0.25, 0.3) is 5.69 Å². The Morgan fingerprint density at radius 1 is 1.05 bits per heavy atom. The van der Waals surface area contributed by atoms with Gasteiger partial charge in [0.2, 0.25) is 0 Å². The van der Waals surface area contributed by atoms with Crippen LogP contribution in [0, 0.1) is 10.1 Å². The van der Waals surface area contributed by atoms with Crippen LogP contribution in [0.1, 0.15) is 0 Å². The van der Waals surface area contributed by atoms with Crippen molar-refractivity contribution in [3.05, 3.63) is 58.6 Å². The number of nitrogens with two attached hydrogens (primary N) is 1. The van der Waals surface area contributed by atoms with Crippen LogP contribution in [0.15, 0.2) is 48.5 Å². The van der Waals surface area contributed by atoms with Crippen LogP contribution < -0.4 is 5.73 Å². The largest absolute Gasteiger partial charge is 0.383 e. The molecule has 6 nitrogen and oxygen atoms in total. The Kier molecular flexibility index (Phi) is 2.76. The van der Waals surface area contributed by atoms with Gasteiger partial charge in [-0.15, -0.1) is 0 Å². The minimum atomic E-state index is -0.458. The summed E-state index contributed by atoms with van der Waals surface area (Å²) < 4.78 is 0. The molecule has 2 N–H and O–H groups in total. The first-order valence-corrected chi connectivity index (χ1v) is 5.92. The summed E-state index contributed by atoms with van der Waals surface area (Å²) >= 11 is 0. The molecule has 20 heavy (non-hydrogen) atoms. The van der Waals surface area contributed by atoms with Crippen LogP contribution in [0.3, 0.4) is 0 Å². The number of hydrogen-bond acceptors (Lipinski definition) is 5. The van der Waals surface area contributed by atoms with Crippen molar-refractivity contribution in [3.8, 4) is 11.4 Å². The first kappa shape index (κ1) is 12.0. The summed E-state index contributed by atoms with van der Waals surface area (Å²) in [7, 11) is 0. The van der Waals surface area contributed by atoms with Crippen molar-refractivity contribution >= 4 is 22.4 Å². The average Bonchev–Trinajstić information content (AvgIpc) is 2.47. The van der Waals surface area contributed by atoms with E-state index in [0.29, 0.717) is 22.5 Å². The van der Waals surface area contributed by atoms with Gasteiger partial charge in [0.15, 0.2) is 5.82 Å². The van der Waals surface area contributed by atoms with E-state index in [1.54, 1.807) is 6.07 Å². The van der Waals surface area contributed by atoms with Gasteiger partial charge in [-0.1, -0.05) is 30.3 Å². The molecule has 98 valence electrons. The van der Waals surface area contributed by atoms with Crippen molar-refractivity contribution in [2.75, 3.05) is 5.73 Å². The summed E-state index contributed by atoms with van der Waals surface area (Å²) in [4.78, 5) is 19.0. The summed E-state index contributed by atoms with van der Waals surface area (Å²) in [5.41, 5.74) is 7.16. The fourth-order valence-corrected chi connectivity index (χ4v) is 1.97. The molecule has 6 heteroatoms. The monoisotopic (exact) mass is 266 g/mol. The standard InChI is InChI=1S/C14H10N4O2/c15-13-11-7-6-10(18(19)20)8-12(11)16-14(17-13)9-4-2-1-3-5-9/h1-8H,(H2,15,16,17). The molecule has 0 saturated carbocycles. The van der Waals surface area contributed by atoms with E-state index in [1.807, 2.05) is 30.3 Å². The van der Waals surface area contributed by atoms with Crippen LogP contribution >= 0.6 is 0 Å². The van der Waals surface area contributed by atoms with E-state index in [9.17, 15) is 10.1 Å². The van der Waals surface area contributed by atoms with Crippen LogP contribution in [0.4, 0.5) is 11.5 Å². The number of hydrogen-bond donors (Lipinski definition) is 1. The Hall–Kier alpha value is -3.02. The third kappa shape index (κ3) is 2.03. The van der Waals surface area contributed by atoms with Crippen LogP contribution in [0.5, 0.6) is 0 Å². The zero-order valence-electron chi connectivity index (χ0n) is 10.4. The number of non-ortho nitro benzene ring substituents is 1. The minimum absolute atomic E-state index is 0.0189. The second-order valence-electron chi connectivity index (χ2n) is 4.26. The van der Waals surface area contributed by atoms with E-state index in [1.165, 1.54) is 12.1 Å². The highest BCUT2D eigenvalue weighted by molar-refractivity contribution is 5.90. The molecule has 0 unspecified atom stereocenters. The van der Waals surface area contributed by atoms with Gasteiger partial charge in [-0.2, -0.15) is 0 Å². The smallest absolute Gasteiger partial charge is 0.271 e. The topological polar surface area (TPSA) is 94.9 Å². The number of rotatable bonds is 2. The summed E-state index contributed by atoms with van der Waals surface area (Å²) in [5, 5.41) is 11.4. The predicted molar refractivity (Wildman–Crippen MR) is 76.0 cm³/mol. The molecule has 0 radical (unpaired) electrons. The quantitative estimate of drug-likeness (QED) is 0.568. The molecule has 2 aromatic carbocycles. The minimum Gasteiger partial charge on any atom is -0.383 e. The molecule has 0 spiro atoms. The van der Waals surface area contributed by atoms with E-state index in [2.05, 4.69) is 9.97 Å². The van der Waals surface area contributed by atoms with Crippen LogP contribution in [0.2, 0.25) is 0 Å². The van der Waals surface area contributed by atoms with E-state index < -0.39 is 4.92 Å². The van der Waals surface area contributed by atoms with Gasteiger partial charge < -0.3 is 5.73 Å². The van der Waals surface area contributed by atoms with E-state index in [-0.39, 0.29) is 5.69 Å². The van der Waals surface area contributed by atoms with Crippen molar-refractivity contribution in [2.24, 2.45) is 0 Å². The lowest BCUT2D eigenvalue weighted by atomic mass is 10.1. The van der Waals surface area contributed by atoms with Gasteiger partial charge in [0, 0.05) is 23.1 Å². The predicted octanol–water partition coefficient (Wildman–Crippen LogP) is 2.79.